The van der Waals surface area contributed by atoms with Crippen molar-refractivity contribution in [2.24, 2.45) is 0 Å². The van der Waals surface area contributed by atoms with Gasteiger partial charge in [-0.1, -0.05) is 0 Å². The second-order valence-corrected chi connectivity index (χ2v) is 4.00. The molecule has 0 bridgehead atoms. The number of carbonyl (C=O) groups is 4. The van der Waals surface area contributed by atoms with E-state index in [1.165, 1.54) is 0 Å². The Morgan fingerprint density at radius 3 is 0.833 bits per heavy atom. The first-order chi connectivity index (χ1) is 11.2. The second kappa shape index (κ2) is 16.6. The van der Waals surface area contributed by atoms with E-state index in [-0.39, 0.29) is 13.1 Å². The van der Waals surface area contributed by atoms with E-state index in [1.807, 2.05) is 0 Å². The molecule has 0 unspecified atom stereocenters. The van der Waals surface area contributed by atoms with Crippen LogP contribution in [0.4, 0.5) is 0 Å². The van der Waals surface area contributed by atoms with Gasteiger partial charge in [-0.3, -0.25) is 29.0 Å². The Labute approximate surface area is 139 Å². The molecule has 0 aromatic heterocycles. The molecule has 0 aliphatic heterocycles. The fraction of sp³-hybridized carbons (Fsp3) is 0.429. The predicted octanol–water partition coefficient (Wildman–Crippen LogP) is -0.467. The van der Waals surface area contributed by atoms with Crippen molar-refractivity contribution in [3.05, 3.63) is 26.3 Å². The summed E-state index contributed by atoms with van der Waals surface area (Å²) in [5.41, 5.74) is 0. The van der Waals surface area contributed by atoms with Crippen LogP contribution in [0.5, 0.6) is 0 Å². The van der Waals surface area contributed by atoms with Gasteiger partial charge in [0.15, 0.2) is 0 Å². The van der Waals surface area contributed by atoms with Crippen LogP contribution >= 0.6 is 0 Å². The van der Waals surface area contributed by atoms with Gasteiger partial charge in [0.1, 0.15) is 0 Å². The maximum Gasteiger partial charge on any atom is 0.317 e. The zero-order chi connectivity index (χ0) is 19.7. The summed E-state index contributed by atoms with van der Waals surface area (Å²) in [6.07, 6.45) is 0. The Morgan fingerprint density at radius 2 is 0.708 bits per heavy atom. The third kappa shape index (κ3) is 19.3. The monoisotopic (exact) mass is 348 g/mol. The first kappa shape index (κ1) is 26.2. The minimum absolute atomic E-state index is 0.0703. The molecule has 0 aromatic carbocycles. The molecule has 0 rings (SSSR count). The lowest BCUT2D eigenvalue weighted by atomic mass is 10.4. The van der Waals surface area contributed by atoms with Crippen LogP contribution < -0.4 is 0 Å². The van der Waals surface area contributed by atoms with E-state index in [4.69, 9.17) is 20.4 Å². The number of rotatable bonds is 11. The molecule has 0 atom stereocenters. The molecule has 0 aliphatic rings. The average Bonchev–Trinajstić information content (AvgIpc) is 2.46. The van der Waals surface area contributed by atoms with Gasteiger partial charge >= 0.3 is 23.9 Å². The minimum Gasteiger partial charge on any atom is -0.480 e. The predicted molar refractivity (Wildman–Crippen MR) is 85.9 cm³/mol. The van der Waals surface area contributed by atoms with Crippen LogP contribution in [0.2, 0.25) is 0 Å². The summed E-state index contributed by atoms with van der Waals surface area (Å²) in [5, 5.41) is 34.5. The van der Waals surface area contributed by atoms with Crippen molar-refractivity contribution in [1.82, 2.24) is 9.80 Å². The van der Waals surface area contributed by atoms with Gasteiger partial charge in [0.2, 0.25) is 0 Å². The molecule has 0 radical (unpaired) electrons. The highest BCUT2D eigenvalue weighted by Gasteiger charge is 2.17. The molecule has 0 amide bonds. The molecule has 0 aliphatic carbocycles. The molecule has 24 heavy (non-hydrogen) atoms. The summed E-state index contributed by atoms with van der Waals surface area (Å²) < 4.78 is 0. The van der Waals surface area contributed by atoms with Gasteiger partial charge in [0.25, 0.3) is 0 Å². The summed E-state index contributed by atoms with van der Waals surface area (Å²) in [6, 6.07) is 0. The fourth-order valence-electron chi connectivity index (χ4n) is 1.48. The normalized spacial score (nSPS) is 9.25. The molecular weight excluding hydrogens is 324 g/mol. The molecule has 4 N–H and O–H groups in total. The molecule has 0 aromatic rings. The van der Waals surface area contributed by atoms with Crippen LogP contribution in [0.3, 0.4) is 0 Å². The maximum absolute atomic E-state index is 10.6. The van der Waals surface area contributed by atoms with Crippen molar-refractivity contribution in [3.63, 3.8) is 0 Å². The Hall–Kier alpha value is -2.72. The summed E-state index contributed by atoms with van der Waals surface area (Å²) >= 11 is 0. The van der Waals surface area contributed by atoms with Crippen molar-refractivity contribution in [2.75, 3.05) is 39.3 Å². The molecule has 10 heteroatoms. The van der Waals surface area contributed by atoms with Gasteiger partial charge in [0.05, 0.1) is 26.2 Å². The van der Waals surface area contributed by atoms with Gasteiger partial charge in [-0.15, -0.1) is 26.3 Å². The van der Waals surface area contributed by atoms with Gasteiger partial charge < -0.3 is 20.4 Å². The molecule has 0 spiro atoms. The Bertz CT molecular complexity index is 344. The number of carboxylic acids is 4. The van der Waals surface area contributed by atoms with Crippen molar-refractivity contribution in [3.8, 4) is 0 Å². The molecule has 0 saturated carbocycles. The van der Waals surface area contributed by atoms with Crippen molar-refractivity contribution < 1.29 is 39.6 Å². The number of aliphatic carboxylic acids is 4. The van der Waals surface area contributed by atoms with E-state index in [0.717, 1.165) is 9.80 Å². The van der Waals surface area contributed by atoms with Crippen LogP contribution in [0.1, 0.15) is 0 Å². The lowest BCUT2D eigenvalue weighted by molar-refractivity contribution is -0.145. The number of nitrogens with zero attached hydrogens (tertiary/aromatic N) is 2. The van der Waals surface area contributed by atoms with E-state index in [0.29, 0.717) is 0 Å². The lowest BCUT2D eigenvalue weighted by Crippen LogP contribution is -2.43. The van der Waals surface area contributed by atoms with E-state index in [9.17, 15) is 19.2 Å². The summed E-state index contributed by atoms with van der Waals surface area (Å²) in [6.45, 7) is 9.75. The highest BCUT2D eigenvalue weighted by atomic mass is 16.4. The standard InChI is InChI=1S/C10H16N2O8.2C2H4/c13-7(14)3-11(4-8(15)16)1-2-12(5-9(17)18)6-10(19)20;2*1-2/h1-6H2,(H,13,14)(H,15,16)(H,17,18)(H,19,20);2*1-2H2. The average molecular weight is 348 g/mol. The molecule has 0 heterocycles. The SMILES string of the molecule is C=C.C=C.O=C(O)CN(CCN(CC(=O)O)CC(=O)O)CC(=O)O. The number of carboxylic acid groups (broad SMARTS) is 4. The first-order valence-corrected chi connectivity index (χ1v) is 6.52. The van der Waals surface area contributed by atoms with Gasteiger partial charge in [-0.25, -0.2) is 0 Å². The number of hydrogen-bond acceptors (Lipinski definition) is 6. The van der Waals surface area contributed by atoms with Crippen LogP contribution in [-0.4, -0.2) is 93.4 Å². The molecular formula is C14H24N2O8. The summed E-state index contributed by atoms with van der Waals surface area (Å²) in [4.78, 5) is 44.4. The Balaban J connectivity index is -0.00000102. The molecule has 10 nitrogen and oxygen atoms in total. The summed E-state index contributed by atoms with van der Waals surface area (Å²) in [7, 11) is 0. The largest absolute Gasteiger partial charge is 0.480 e. The van der Waals surface area contributed by atoms with E-state index < -0.39 is 50.1 Å². The summed E-state index contributed by atoms with van der Waals surface area (Å²) in [5.74, 6) is -4.91. The van der Waals surface area contributed by atoms with Crippen molar-refractivity contribution >= 4 is 23.9 Å². The van der Waals surface area contributed by atoms with Crippen molar-refractivity contribution in [2.45, 2.75) is 0 Å². The van der Waals surface area contributed by atoms with Crippen molar-refractivity contribution in [1.29, 1.82) is 0 Å². The van der Waals surface area contributed by atoms with Crippen LogP contribution in [-0.2, 0) is 19.2 Å². The maximum atomic E-state index is 10.6. The van der Waals surface area contributed by atoms with Crippen LogP contribution in [0, 0.1) is 0 Å². The van der Waals surface area contributed by atoms with Gasteiger partial charge in [0, 0.05) is 13.1 Å². The Kier molecular flexibility index (Phi) is 18.2. The number of hydrogen-bond donors (Lipinski definition) is 4. The van der Waals surface area contributed by atoms with E-state index >= 15 is 0 Å². The van der Waals surface area contributed by atoms with Crippen LogP contribution in [0.15, 0.2) is 26.3 Å². The van der Waals surface area contributed by atoms with Gasteiger partial charge in [-0.05, 0) is 0 Å². The third-order valence-electron chi connectivity index (χ3n) is 2.17. The van der Waals surface area contributed by atoms with E-state index in [1.54, 1.807) is 0 Å². The quantitative estimate of drug-likeness (QED) is 0.360. The highest BCUT2D eigenvalue weighted by molar-refractivity contribution is 5.73. The van der Waals surface area contributed by atoms with E-state index in [2.05, 4.69) is 26.3 Å². The zero-order valence-corrected chi connectivity index (χ0v) is 13.4. The zero-order valence-electron chi connectivity index (χ0n) is 13.4. The lowest BCUT2D eigenvalue weighted by Gasteiger charge is -2.23. The fourth-order valence-corrected chi connectivity index (χ4v) is 1.48. The molecule has 0 fully saturated rings. The van der Waals surface area contributed by atoms with Gasteiger partial charge in [-0.2, -0.15) is 0 Å². The molecule has 138 valence electrons. The third-order valence-corrected chi connectivity index (χ3v) is 2.17. The smallest absolute Gasteiger partial charge is 0.317 e. The second-order valence-electron chi connectivity index (χ2n) is 4.00. The first-order valence-electron chi connectivity index (χ1n) is 6.52. The minimum atomic E-state index is -1.23. The topological polar surface area (TPSA) is 156 Å². The molecule has 0 saturated heterocycles. The Morgan fingerprint density at radius 1 is 0.542 bits per heavy atom. The highest BCUT2D eigenvalue weighted by Crippen LogP contribution is 1.94. The van der Waals surface area contributed by atoms with Crippen LogP contribution in [0.25, 0.3) is 0 Å².